The van der Waals surface area contributed by atoms with Crippen LogP contribution in [0.2, 0.25) is 0 Å². The number of allylic oxidation sites excluding steroid dienone is 1. The van der Waals surface area contributed by atoms with Gasteiger partial charge in [0.15, 0.2) is 0 Å². The van der Waals surface area contributed by atoms with Crippen LogP contribution in [0.1, 0.15) is 64.7 Å². The fourth-order valence-electron chi connectivity index (χ4n) is 1.78. The summed E-state index contributed by atoms with van der Waals surface area (Å²) in [6.45, 7) is 2.20. The molecule has 0 aliphatic carbocycles. The summed E-state index contributed by atoms with van der Waals surface area (Å²) >= 11 is 0. The highest BCUT2D eigenvalue weighted by Gasteiger charge is 2.01. The van der Waals surface area contributed by atoms with E-state index < -0.39 is 0 Å². The maximum atomic E-state index is 10.8. The Bertz CT molecular complexity index is 224. The zero-order valence-corrected chi connectivity index (χ0v) is 11.9. The predicted octanol–water partition coefficient (Wildman–Crippen LogP) is 3.61. The van der Waals surface area contributed by atoms with Crippen LogP contribution in [0.5, 0.6) is 0 Å². The predicted molar refractivity (Wildman–Crippen MR) is 74.4 cm³/mol. The molecule has 0 heterocycles. The van der Waals surface area contributed by atoms with Crippen LogP contribution in [0, 0.1) is 0 Å². The van der Waals surface area contributed by atoms with Gasteiger partial charge in [-0.15, -0.1) is 0 Å². The second kappa shape index (κ2) is 12.6. The van der Waals surface area contributed by atoms with Gasteiger partial charge in [0, 0.05) is 6.42 Å². The number of hydrogen-bond acceptors (Lipinski definition) is 3. The van der Waals surface area contributed by atoms with E-state index in [4.69, 9.17) is 0 Å². The zero-order valence-electron chi connectivity index (χ0n) is 11.9. The second-order valence-electron chi connectivity index (χ2n) is 4.68. The first-order valence-electron chi connectivity index (χ1n) is 7.10. The van der Waals surface area contributed by atoms with Crippen LogP contribution >= 0.6 is 0 Å². The number of methoxy groups -OCH3 is 1. The molecule has 0 radical (unpaired) electrons. The molecule has 0 saturated heterocycles. The van der Waals surface area contributed by atoms with Crippen molar-refractivity contribution in [3.63, 3.8) is 0 Å². The number of rotatable bonds is 11. The average Bonchev–Trinajstić information content (AvgIpc) is 2.37. The first kappa shape index (κ1) is 17.2. The lowest BCUT2D eigenvalue weighted by molar-refractivity contribution is -0.140. The van der Waals surface area contributed by atoms with Gasteiger partial charge >= 0.3 is 5.97 Å². The molecule has 0 fully saturated rings. The Hall–Kier alpha value is -0.830. The van der Waals surface area contributed by atoms with Gasteiger partial charge in [-0.25, -0.2) is 0 Å². The van der Waals surface area contributed by atoms with Gasteiger partial charge in [0.05, 0.1) is 13.2 Å². The van der Waals surface area contributed by atoms with Gasteiger partial charge in [0.1, 0.15) is 0 Å². The molecular weight excluding hydrogens is 228 g/mol. The van der Waals surface area contributed by atoms with Gasteiger partial charge in [0.2, 0.25) is 0 Å². The van der Waals surface area contributed by atoms with Gasteiger partial charge in [-0.2, -0.15) is 0 Å². The summed E-state index contributed by atoms with van der Waals surface area (Å²) in [6, 6.07) is 0. The lowest BCUT2D eigenvalue weighted by Crippen LogP contribution is -2.04. The molecule has 0 spiro atoms. The number of ether oxygens (including phenoxy) is 1. The van der Waals surface area contributed by atoms with Crippen LogP contribution < -0.4 is 0 Å². The SMILES string of the molecule is CCCCCCC[C@H](O)C/C=C/CCC(=O)OC. The summed E-state index contributed by atoms with van der Waals surface area (Å²) in [5.74, 6) is -0.184. The maximum absolute atomic E-state index is 10.8. The van der Waals surface area contributed by atoms with Crippen LogP contribution in [0.4, 0.5) is 0 Å². The highest BCUT2D eigenvalue weighted by molar-refractivity contribution is 5.69. The minimum Gasteiger partial charge on any atom is -0.469 e. The number of aliphatic hydroxyl groups is 1. The summed E-state index contributed by atoms with van der Waals surface area (Å²) in [5.41, 5.74) is 0. The Balaban J connectivity index is 3.37. The highest BCUT2D eigenvalue weighted by Crippen LogP contribution is 2.09. The molecule has 1 N–H and O–H groups in total. The maximum Gasteiger partial charge on any atom is 0.305 e. The summed E-state index contributed by atoms with van der Waals surface area (Å²) < 4.78 is 4.54. The standard InChI is InChI=1S/C15H28O3/c1-3-4-5-6-8-11-14(16)12-9-7-10-13-15(17)18-2/h7,9,14,16H,3-6,8,10-13H2,1-2H3/b9-7+/t14-/m0/s1. The lowest BCUT2D eigenvalue weighted by atomic mass is 10.1. The molecule has 0 bridgehead atoms. The van der Waals surface area contributed by atoms with E-state index in [1.807, 2.05) is 12.2 Å². The number of unbranched alkanes of at least 4 members (excludes halogenated alkanes) is 4. The van der Waals surface area contributed by atoms with Crippen molar-refractivity contribution >= 4 is 5.97 Å². The van der Waals surface area contributed by atoms with E-state index in [9.17, 15) is 9.90 Å². The van der Waals surface area contributed by atoms with Crippen molar-refractivity contribution in [1.82, 2.24) is 0 Å². The van der Waals surface area contributed by atoms with Crippen molar-refractivity contribution in [2.24, 2.45) is 0 Å². The highest BCUT2D eigenvalue weighted by atomic mass is 16.5. The van der Waals surface area contributed by atoms with Gasteiger partial charge in [0.25, 0.3) is 0 Å². The molecule has 106 valence electrons. The summed E-state index contributed by atoms with van der Waals surface area (Å²) in [4.78, 5) is 10.8. The van der Waals surface area contributed by atoms with Gasteiger partial charge in [-0.1, -0.05) is 51.2 Å². The molecule has 0 amide bonds. The van der Waals surface area contributed by atoms with Crippen molar-refractivity contribution < 1.29 is 14.6 Å². The normalized spacial score (nSPS) is 12.8. The van der Waals surface area contributed by atoms with Crippen LogP contribution in [0.3, 0.4) is 0 Å². The van der Waals surface area contributed by atoms with E-state index in [1.54, 1.807) is 0 Å². The monoisotopic (exact) mass is 256 g/mol. The number of carbonyl (C=O) groups excluding carboxylic acids is 1. The topological polar surface area (TPSA) is 46.5 Å². The molecule has 18 heavy (non-hydrogen) atoms. The van der Waals surface area contributed by atoms with E-state index in [-0.39, 0.29) is 12.1 Å². The minimum absolute atomic E-state index is 0.184. The number of esters is 1. The zero-order chi connectivity index (χ0) is 13.6. The van der Waals surface area contributed by atoms with Gasteiger partial charge < -0.3 is 9.84 Å². The quantitative estimate of drug-likeness (QED) is 0.349. The molecule has 0 aliphatic heterocycles. The molecule has 1 atom stereocenters. The van der Waals surface area contributed by atoms with Crippen LogP contribution in [-0.4, -0.2) is 24.3 Å². The first-order chi connectivity index (χ1) is 8.70. The molecule has 0 saturated carbocycles. The summed E-state index contributed by atoms with van der Waals surface area (Å²) in [5, 5.41) is 9.72. The molecule has 0 unspecified atom stereocenters. The van der Waals surface area contributed by atoms with Crippen LogP contribution in [-0.2, 0) is 9.53 Å². The number of carbonyl (C=O) groups is 1. The minimum atomic E-state index is -0.235. The Labute approximate surface area is 111 Å². The van der Waals surface area contributed by atoms with E-state index >= 15 is 0 Å². The lowest BCUT2D eigenvalue weighted by Gasteiger charge is -2.07. The molecule has 0 aliphatic rings. The van der Waals surface area contributed by atoms with Crippen molar-refractivity contribution in [2.75, 3.05) is 7.11 Å². The smallest absolute Gasteiger partial charge is 0.305 e. The first-order valence-corrected chi connectivity index (χ1v) is 7.10. The Morgan fingerprint density at radius 3 is 2.61 bits per heavy atom. The number of hydrogen-bond donors (Lipinski definition) is 1. The van der Waals surface area contributed by atoms with Crippen molar-refractivity contribution in [1.29, 1.82) is 0 Å². The average molecular weight is 256 g/mol. The molecule has 0 aromatic carbocycles. The molecule has 0 aromatic rings. The van der Waals surface area contributed by atoms with Gasteiger partial charge in [-0.3, -0.25) is 4.79 Å². The summed E-state index contributed by atoms with van der Waals surface area (Å²) in [6.07, 6.45) is 12.5. The van der Waals surface area contributed by atoms with Crippen molar-refractivity contribution in [3.05, 3.63) is 12.2 Å². The second-order valence-corrected chi connectivity index (χ2v) is 4.68. The van der Waals surface area contributed by atoms with E-state index in [0.717, 1.165) is 12.8 Å². The molecule has 0 aromatic heterocycles. The molecule has 3 heteroatoms. The largest absolute Gasteiger partial charge is 0.469 e. The Kier molecular flexibility index (Phi) is 12.0. The summed E-state index contributed by atoms with van der Waals surface area (Å²) in [7, 11) is 1.40. The molecule has 0 rings (SSSR count). The Morgan fingerprint density at radius 1 is 1.22 bits per heavy atom. The van der Waals surface area contributed by atoms with E-state index in [2.05, 4.69) is 11.7 Å². The fraction of sp³-hybridized carbons (Fsp3) is 0.800. The third-order valence-electron chi connectivity index (χ3n) is 2.96. The molecular formula is C15H28O3. The fourth-order valence-corrected chi connectivity index (χ4v) is 1.78. The molecule has 3 nitrogen and oxygen atoms in total. The van der Waals surface area contributed by atoms with E-state index in [1.165, 1.54) is 32.8 Å². The van der Waals surface area contributed by atoms with Gasteiger partial charge in [-0.05, 0) is 19.3 Å². The third kappa shape index (κ3) is 11.6. The van der Waals surface area contributed by atoms with Crippen molar-refractivity contribution in [3.8, 4) is 0 Å². The Morgan fingerprint density at radius 2 is 1.94 bits per heavy atom. The van der Waals surface area contributed by atoms with E-state index in [0.29, 0.717) is 19.3 Å². The van der Waals surface area contributed by atoms with Crippen LogP contribution in [0.15, 0.2) is 12.2 Å². The number of aliphatic hydroxyl groups excluding tert-OH is 1. The van der Waals surface area contributed by atoms with Crippen LogP contribution in [0.25, 0.3) is 0 Å². The van der Waals surface area contributed by atoms with Crippen molar-refractivity contribution in [2.45, 2.75) is 70.8 Å². The third-order valence-corrected chi connectivity index (χ3v) is 2.96.